The third kappa shape index (κ3) is 7.37. The number of hydrogen-bond acceptors (Lipinski definition) is 10. The molecule has 0 saturated heterocycles. The Hall–Kier alpha value is -4.00. The third-order valence-corrected chi connectivity index (χ3v) is 8.39. The summed E-state index contributed by atoms with van der Waals surface area (Å²) in [6, 6.07) is 8.00. The second kappa shape index (κ2) is 13.3. The number of fused-ring (bicyclic) bond motifs is 1. The van der Waals surface area contributed by atoms with E-state index in [-0.39, 0.29) is 48.4 Å². The molecule has 0 unspecified atom stereocenters. The number of halogens is 3. The van der Waals surface area contributed by atoms with E-state index in [1.807, 2.05) is 13.8 Å². The smallest absolute Gasteiger partial charge is 0.421 e. The van der Waals surface area contributed by atoms with E-state index in [4.69, 9.17) is 18.5 Å². The van der Waals surface area contributed by atoms with Gasteiger partial charge >= 0.3 is 13.8 Å². The molecule has 0 bridgehead atoms. The fourth-order valence-corrected chi connectivity index (χ4v) is 6.22. The van der Waals surface area contributed by atoms with E-state index in [2.05, 4.69) is 20.6 Å². The molecule has 0 fully saturated rings. The summed E-state index contributed by atoms with van der Waals surface area (Å²) in [5.74, 6) is -0.0967. The number of nitrogens with one attached hydrogen (secondary N) is 2. The Kier molecular flexibility index (Phi) is 9.97. The Balaban J connectivity index is 1.70. The monoisotopic (exact) mass is 637 g/mol. The predicted molar refractivity (Wildman–Crippen MR) is 162 cm³/mol. The number of methoxy groups -OCH3 is 1. The first-order chi connectivity index (χ1) is 20.8. The van der Waals surface area contributed by atoms with E-state index in [9.17, 15) is 22.8 Å². The summed E-state index contributed by atoms with van der Waals surface area (Å²) in [6.07, 6.45) is -2.66. The molecule has 0 spiro atoms. The average Bonchev–Trinajstić information content (AvgIpc) is 3.24. The van der Waals surface area contributed by atoms with Crippen LogP contribution in [0.3, 0.4) is 0 Å². The zero-order valence-corrected chi connectivity index (χ0v) is 26.0. The summed E-state index contributed by atoms with van der Waals surface area (Å²) in [7, 11) is -0.363. The van der Waals surface area contributed by atoms with Gasteiger partial charge < -0.3 is 38.8 Å². The highest BCUT2D eigenvalue weighted by molar-refractivity contribution is 7.53. The van der Waals surface area contributed by atoms with Crippen LogP contribution in [0.4, 0.5) is 36.3 Å². The summed E-state index contributed by atoms with van der Waals surface area (Å²) in [5, 5.41) is 17.2. The van der Waals surface area contributed by atoms with Crippen LogP contribution in [-0.2, 0) is 33.0 Å². The van der Waals surface area contributed by atoms with Crippen molar-refractivity contribution in [2.45, 2.75) is 46.1 Å². The SMILES string of the molecule is CCOP(=O)(Cc1ccc(Nc2ncc(C(F)(F)F)c(Nc3ccc(OC(C)C)c4cn(C)c(O)c34)n2)c(OC)c1)OCC. The maximum absolute atomic E-state index is 14.0. The van der Waals surface area contributed by atoms with Gasteiger partial charge in [0.25, 0.3) is 0 Å². The number of nitrogens with zero attached hydrogens (tertiary/aromatic N) is 3. The van der Waals surface area contributed by atoms with E-state index in [0.29, 0.717) is 34.3 Å². The minimum absolute atomic E-state index is 0.00202. The highest BCUT2D eigenvalue weighted by atomic mass is 31.2. The van der Waals surface area contributed by atoms with Crippen molar-refractivity contribution in [1.29, 1.82) is 0 Å². The number of rotatable bonds is 13. The van der Waals surface area contributed by atoms with Crippen molar-refractivity contribution in [1.82, 2.24) is 14.5 Å². The lowest BCUT2D eigenvalue weighted by atomic mass is 10.1. The number of aryl methyl sites for hydroxylation is 1. The van der Waals surface area contributed by atoms with Crippen molar-refractivity contribution in [3.05, 3.63) is 53.9 Å². The van der Waals surface area contributed by atoms with Gasteiger partial charge in [-0.15, -0.1) is 0 Å². The van der Waals surface area contributed by atoms with E-state index >= 15 is 0 Å². The fourth-order valence-electron chi connectivity index (χ4n) is 4.54. The Morgan fingerprint density at radius 2 is 1.73 bits per heavy atom. The quantitative estimate of drug-likeness (QED) is 0.125. The maximum atomic E-state index is 14.0. The predicted octanol–water partition coefficient (Wildman–Crippen LogP) is 7.74. The lowest BCUT2D eigenvalue weighted by Gasteiger charge is -2.19. The first kappa shape index (κ1) is 32.9. The molecule has 238 valence electrons. The second-order valence-electron chi connectivity index (χ2n) is 9.97. The number of aromatic hydroxyl groups is 1. The molecule has 0 amide bonds. The van der Waals surface area contributed by atoms with Crippen LogP contribution >= 0.6 is 7.60 Å². The molecule has 11 nitrogen and oxygen atoms in total. The summed E-state index contributed by atoms with van der Waals surface area (Å²) >= 11 is 0. The van der Waals surface area contributed by atoms with Crippen LogP contribution in [0.1, 0.15) is 38.8 Å². The first-order valence-corrected chi connectivity index (χ1v) is 15.5. The van der Waals surface area contributed by atoms with Crippen LogP contribution < -0.4 is 20.1 Å². The maximum Gasteiger partial charge on any atom is 0.421 e. The second-order valence-corrected chi connectivity index (χ2v) is 12.0. The van der Waals surface area contributed by atoms with E-state index in [1.165, 1.54) is 17.7 Å². The molecule has 4 rings (SSSR count). The highest BCUT2D eigenvalue weighted by Crippen LogP contribution is 2.52. The molecule has 0 aliphatic rings. The summed E-state index contributed by atoms with van der Waals surface area (Å²) in [4.78, 5) is 8.02. The molecule has 2 aromatic carbocycles. The number of hydrogen-bond donors (Lipinski definition) is 3. The van der Waals surface area contributed by atoms with Crippen LogP contribution in [0.2, 0.25) is 0 Å². The van der Waals surface area contributed by atoms with Gasteiger partial charge in [0.15, 0.2) is 0 Å². The van der Waals surface area contributed by atoms with Gasteiger partial charge in [0.05, 0.1) is 49.4 Å². The van der Waals surface area contributed by atoms with Gasteiger partial charge in [0.2, 0.25) is 11.8 Å². The highest BCUT2D eigenvalue weighted by Gasteiger charge is 2.36. The molecule has 15 heteroatoms. The van der Waals surface area contributed by atoms with Gasteiger partial charge in [-0.1, -0.05) is 6.07 Å². The van der Waals surface area contributed by atoms with Crippen molar-refractivity contribution in [3.8, 4) is 17.4 Å². The number of anilines is 4. The van der Waals surface area contributed by atoms with Gasteiger partial charge in [0.1, 0.15) is 22.9 Å². The molecular formula is C29H35F3N5O6P. The van der Waals surface area contributed by atoms with Crippen molar-refractivity contribution in [2.75, 3.05) is 31.0 Å². The molecule has 4 aromatic rings. The van der Waals surface area contributed by atoms with Gasteiger partial charge in [-0.3, -0.25) is 4.57 Å². The van der Waals surface area contributed by atoms with Gasteiger partial charge in [0, 0.05) is 24.8 Å². The zero-order chi connectivity index (χ0) is 32.2. The van der Waals surface area contributed by atoms with E-state index < -0.39 is 25.2 Å². The molecule has 0 saturated carbocycles. The van der Waals surface area contributed by atoms with Gasteiger partial charge in [-0.05, 0) is 57.5 Å². The van der Waals surface area contributed by atoms with Crippen LogP contribution in [-0.4, -0.2) is 46.1 Å². The summed E-state index contributed by atoms with van der Waals surface area (Å²) in [6.45, 7) is 7.53. The van der Waals surface area contributed by atoms with Crippen molar-refractivity contribution in [3.63, 3.8) is 0 Å². The summed E-state index contributed by atoms with van der Waals surface area (Å²) < 4.78 is 78.6. The molecule has 0 atom stereocenters. The minimum Gasteiger partial charge on any atom is -0.495 e. The van der Waals surface area contributed by atoms with Crippen LogP contribution in [0.5, 0.6) is 17.4 Å². The summed E-state index contributed by atoms with van der Waals surface area (Å²) in [5.41, 5.74) is 0.0196. The Bertz CT molecular complexity index is 1670. The van der Waals surface area contributed by atoms with Crippen LogP contribution in [0.25, 0.3) is 10.8 Å². The van der Waals surface area contributed by atoms with Gasteiger partial charge in [-0.2, -0.15) is 18.2 Å². The van der Waals surface area contributed by atoms with E-state index in [1.54, 1.807) is 51.4 Å². The Morgan fingerprint density at radius 1 is 1.05 bits per heavy atom. The average molecular weight is 638 g/mol. The van der Waals surface area contributed by atoms with Crippen LogP contribution in [0, 0.1) is 0 Å². The standard InChI is InChI=1S/C29H35F3N5O6P/c1-7-41-44(39,42-8-2)16-18-9-10-21(24(13-18)40-6)35-28-33-14-20(29(30,31)32)26(36-28)34-22-11-12-23(43-17(3)4)19-15-37(5)27(38)25(19)22/h9-15,17,38H,7-8,16H2,1-6H3,(H2,33,34,35,36). The van der Waals surface area contributed by atoms with E-state index in [0.717, 1.165) is 0 Å². The normalized spacial score (nSPS) is 12.1. The lowest BCUT2D eigenvalue weighted by molar-refractivity contribution is -0.137. The Labute approximate surface area is 252 Å². The largest absolute Gasteiger partial charge is 0.495 e. The molecule has 0 aliphatic carbocycles. The molecule has 2 heterocycles. The Morgan fingerprint density at radius 3 is 2.34 bits per heavy atom. The van der Waals surface area contributed by atoms with Crippen molar-refractivity contribution >= 4 is 41.5 Å². The van der Waals surface area contributed by atoms with Crippen molar-refractivity contribution < 1.29 is 41.4 Å². The molecule has 44 heavy (non-hydrogen) atoms. The van der Waals surface area contributed by atoms with Gasteiger partial charge in [-0.25, -0.2) is 4.98 Å². The molecule has 2 aromatic heterocycles. The molecule has 0 radical (unpaired) electrons. The third-order valence-electron chi connectivity index (χ3n) is 6.34. The number of ether oxygens (including phenoxy) is 2. The zero-order valence-electron chi connectivity index (χ0n) is 25.2. The number of alkyl halides is 3. The van der Waals surface area contributed by atoms with Crippen LogP contribution in [0.15, 0.2) is 42.7 Å². The molecule has 0 aliphatic heterocycles. The minimum atomic E-state index is -4.78. The number of benzene rings is 2. The molecule has 3 N–H and O–H groups in total. The van der Waals surface area contributed by atoms with Crippen molar-refractivity contribution in [2.24, 2.45) is 7.05 Å². The fraction of sp³-hybridized carbons (Fsp3) is 0.379. The molecular weight excluding hydrogens is 602 g/mol. The topological polar surface area (TPSA) is 129 Å². The lowest BCUT2D eigenvalue weighted by Crippen LogP contribution is -2.13. The number of aromatic nitrogens is 3. The first-order valence-electron chi connectivity index (χ1n) is 13.8.